The highest BCUT2D eigenvalue weighted by Gasteiger charge is 2.20. The molecule has 3 aromatic heterocycles. The van der Waals surface area contributed by atoms with E-state index < -0.39 is 17.4 Å². The van der Waals surface area contributed by atoms with Gasteiger partial charge in [-0.05, 0) is 11.6 Å². The smallest absolute Gasteiger partial charge is 0.358 e. The van der Waals surface area contributed by atoms with Crippen molar-refractivity contribution in [3.63, 3.8) is 0 Å². The van der Waals surface area contributed by atoms with Gasteiger partial charge < -0.3 is 14.8 Å². The van der Waals surface area contributed by atoms with Gasteiger partial charge in [0.15, 0.2) is 11.4 Å². The maximum Gasteiger partial charge on any atom is 0.358 e. The van der Waals surface area contributed by atoms with E-state index in [-0.39, 0.29) is 23.1 Å². The van der Waals surface area contributed by atoms with Gasteiger partial charge in [0.05, 0.1) is 35.7 Å². The number of pyridine rings is 2. The van der Waals surface area contributed by atoms with Crippen LogP contribution < -0.4 is 5.56 Å². The predicted octanol–water partition coefficient (Wildman–Crippen LogP) is 2.31. The molecule has 0 saturated carbocycles. The number of carboxylic acids is 1. The Labute approximate surface area is 158 Å². The molecule has 0 aliphatic carbocycles. The summed E-state index contributed by atoms with van der Waals surface area (Å²) in [6, 6.07) is 10.7. The molecule has 1 aromatic carbocycles. The first-order valence-corrected chi connectivity index (χ1v) is 8.35. The first-order chi connectivity index (χ1) is 13.6. The van der Waals surface area contributed by atoms with Crippen LogP contribution in [-0.4, -0.2) is 35.7 Å². The molecule has 138 valence electrons. The highest BCUT2D eigenvalue weighted by molar-refractivity contribution is 5.98. The molecule has 0 atom stereocenters. The molecule has 0 aliphatic heterocycles. The molecule has 0 amide bonds. The Morgan fingerprint density at radius 3 is 2.54 bits per heavy atom. The van der Waals surface area contributed by atoms with Crippen LogP contribution in [0.5, 0.6) is 5.75 Å². The number of fused-ring (bicyclic) bond motifs is 1. The third kappa shape index (κ3) is 2.96. The summed E-state index contributed by atoms with van der Waals surface area (Å²) in [6.07, 6.45) is 5.65. The van der Waals surface area contributed by atoms with Crippen molar-refractivity contribution in [3.05, 3.63) is 82.8 Å². The zero-order valence-electron chi connectivity index (χ0n) is 14.5. The zero-order valence-corrected chi connectivity index (χ0v) is 14.5. The second kappa shape index (κ2) is 6.92. The average molecular weight is 374 g/mol. The topological polar surface area (TPSA) is 118 Å². The first kappa shape index (κ1) is 17.3. The van der Waals surface area contributed by atoms with Gasteiger partial charge in [-0.25, -0.2) is 9.78 Å². The summed E-state index contributed by atoms with van der Waals surface area (Å²) in [6.45, 7) is 0.220. The van der Waals surface area contributed by atoms with Crippen LogP contribution in [0.4, 0.5) is 0 Å². The van der Waals surface area contributed by atoms with Crippen LogP contribution in [-0.2, 0) is 6.54 Å². The third-order valence-corrected chi connectivity index (χ3v) is 4.35. The Balaban J connectivity index is 2.05. The number of hydrogen-bond donors (Lipinski definition) is 2. The lowest BCUT2D eigenvalue weighted by Gasteiger charge is -2.14. The summed E-state index contributed by atoms with van der Waals surface area (Å²) in [5.74, 6) is -1.86. The highest BCUT2D eigenvalue weighted by Crippen LogP contribution is 2.29. The largest absolute Gasteiger partial charge is 0.505 e. The third-order valence-electron chi connectivity index (χ3n) is 4.35. The number of aromatic carboxylic acids is 1. The SMILES string of the molecule is O=C(O)c1ncc2c(cc(-c3cnccn3)c(=O)n2Cc2ccccc2)c1O. The fraction of sp³-hybridized carbons (Fsp3) is 0.0500. The minimum atomic E-state index is -1.36. The Kier molecular flexibility index (Phi) is 4.29. The number of aromatic hydroxyl groups is 1. The van der Waals surface area contributed by atoms with Gasteiger partial charge in [-0.1, -0.05) is 30.3 Å². The van der Waals surface area contributed by atoms with Crippen molar-refractivity contribution in [2.24, 2.45) is 0 Å². The van der Waals surface area contributed by atoms with E-state index in [9.17, 15) is 19.8 Å². The molecule has 4 rings (SSSR count). The average Bonchev–Trinajstić information content (AvgIpc) is 2.71. The lowest BCUT2D eigenvalue weighted by atomic mass is 10.1. The Bertz CT molecular complexity index is 1240. The molecule has 3 heterocycles. The second-order valence-electron chi connectivity index (χ2n) is 6.09. The molecule has 0 saturated heterocycles. The normalized spacial score (nSPS) is 10.9. The molecule has 2 N–H and O–H groups in total. The number of carbonyl (C=O) groups is 1. The van der Waals surface area contributed by atoms with Crippen LogP contribution in [0.2, 0.25) is 0 Å². The quantitative estimate of drug-likeness (QED) is 0.563. The second-order valence-corrected chi connectivity index (χ2v) is 6.09. The van der Waals surface area contributed by atoms with Gasteiger partial charge >= 0.3 is 5.97 Å². The molecular formula is C20H14N4O4. The van der Waals surface area contributed by atoms with Crippen molar-refractivity contribution in [2.75, 3.05) is 0 Å². The minimum absolute atomic E-state index is 0.198. The summed E-state index contributed by atoms with van der Waals surface area (Å²) in [5, 5.41) is 19.9. The van der Waals surface area contributed by atoms with Crippen LogP contribution in [0.15, 0.2) is 66.0 Å². The van der Waals surface area contributed by atoms with Crippen molar-refractivity contribution in [1.82, 2.24) is 19.5 Å². The van der Waals surface area contributed by atoms with Gasteiger partial charge in [0.2, 0.25) is 0 Å². The van der Waals surface area contributed by atoms with Gasteiger partial charge in [-0.2, -0.15) is 0 Å². The van der Waals surface area contributed by atoms with Gasteiger partial charge in [0.1, 0.15) is 0 Å². The number of carboxylic acid groups (broad SMARTS) is 1. The van der Waals surface area contributed by atoms with Crippen LogP contribution in [0.25, 0.3) is 22.2 Å². The van der Waals surface area contributed by atoms with Crippen molar-refractivity contribution in [1.29, 1.82) is 0 Å². The molecular weight excluding hydrogens is 360 g/mol. The fourth-order valence-corrected chi connectivity index (χ4v) is 3.02. The predicted molar refractivity (Wildman–Crippen MR) is 101 cm³/mol. The van der Waals surface area contributed by atoms with E-state index in [0.717, 1.165) is 5.56 Å². The van der Waals surface area contributed by atoms with E-state index in [4.69, 9.17) is 0 Å². The maximum absolute atomic E-state index is 13.2. The Morgan fingerprint density at radius 2 is 1.86 bits per heavy atom. The van der Waals surface area contributed by atoms with E-state index in [1.807, 2.05) is 30.3 Å². The summed E-state index contributed by atoms with van der Waals surface area (Å²) in [4.78, 5) is 36.5. The molecule has 0 radical (unpaired) electrons. The van der Waals surface area contributed by atoms with E-state index in [1.165, 1.54) is 35.4 Å². The van der Waals surface area contributed by atoms with Crippen LogP contribution in [0.3, 0.4) is 0 Å². The number of rotatable bonds is 4. The first-order valence-electron chi connectivity index (χ1n) is 8.35. The zero-order chi connectivity index (χ0) is 19.7. The van der Waals surface area contributed by atoms with E-state index in [2.05, 4.69) is 15.0 Å². The summed E-state index contributed by atoms with van der Waals surface area (Å²) >= 11 is 0. The molecule has 0 unspecified atom stereocenters. The standard InChI is InChI=1S/C20H14N4O4/c25-18-14-8-13(15-9-21-6-7-22-15)19(26)24(11-12-4-2-1-3-5-12)16(14)10-23-17(18)20(27)28/h1-10,25H,11H2,(H,27,28). The highest BCUT2D eigenvalue weighted by atomic mass is 16.4. The summed E-state index contributed by atoms with van der Waals surface area (Å²) in [5.41, 5.74) is 0.885. The molecule has 0 fully saturated rings. The number of aromatic nitrogens is 4. The molecule has 4 aromatic rings. The maximum atomic E-state index is 13.2. The Morgan fingerprint density at radius 1 is 1.07 bits per heavy atom. The molecule has 0 spiro atoms. The van der Waals surface area contributed by atoms with Crippen LogP contribution in [0.1, 0.15) is 16.1 Å². The number of nitrogens with zero attached hydrogens (tertiary/aromatic N) is 4. The van der Waals surface area contributed by atoms with Gasteiger partial charge in [0.25, 0.3) is 5.56 Å². The van der Waals surface area contributed by atoms with Crippen molar-refractivity contribution in [3.8, 4) is 17.0 Å². The van der Waals surface area contributed by atoms with Crippen molar-refractivity contribution >= 4 is 16.9 Å². The summed E-state index contributed by atoms with van der Waals surface area (Å²) < 4.78 is 1.44. The monoisotopic (exact) mass is 374 g/mol. The van der Waals surface area contributed by atoms with Gasteiger partial charge in [0, 0.05) is 17.8 Å². The fourth-order valence-electron chi connectivity index (χ4n) is 3.02. The van der Waals surface area contributed by atoms with Crippen LogP contribution in [0, 0.1) is 0 Å². The summed E-state index contributed by atoms with van der Waals surface area (Å²) in [7, 11) is 0. The van der Waals surface area contributed by atoms with Gasteiger partial charge in [-0.3, -0.25) is 14.8 Å². The molecule has 8 nitrogen and oxygen atoms in total. The molecule has 0 aliphatic rings. The van der Waals surface area contributed by atoms with E-state index >= 15 is 0 Å². The van der Waals surface area contributed by atoms with Crippen LogP contribution >= 0.6 is 0 Å². The number of benzene rings is 1. The molecule has 8 heteroatoms. The number of hydrogen-bond acceptors (Lipinski definition) is 6. The Hall–Kier alpha value is -4.07. The van der Waals surface area contributed by atoms with Gasteiger partial charge in [-0.15, -0.1) is 0 Å². The van der Waals surface area contributed by atoms with E-state index in [0.29, 0.717) is 11.2 Å². The van der Waals surface area contributed by atoms with Crippen molar-refractivity contribution in [2.45, 2.75) is 6.54 Å². The minimum Gasteiger partial charge on any atom is -0.505 e. The molecule has 28 heavy (non-hydrogen) atoms. The van der Waals surface area contributed by atoms with E-state index in [1.54, 1.807) is 0 Å². The lowest BCUT2D eigenvalue weighted by molar-refractivity contribution is 0.0687. The lowest BCUT2D eigenvalue weighted by Crippen LogP contribution is -2.23. The molecule has 0 bridgehead atoms. The van der Waals surface area contributed by atoms with Crippen molar-refractivity contribution < 1.29 is 15.0 Å².